The van der Waals surface area contributed by atoms with E-state index < -0.39 is 0 Å². The Labute approximate surface area is 122 Å². The van der Waals surface area contributed by atoms with Crippen LogP contribution in [0.4, 0.5) is 5.95 Å². The molecule has 0 atom stereocenters. The number of fused-ring (bicyclic) bond motifs is 1. The summed E-state index contributed by atoms with van der Waals surface area (Å²) < 4.78 is 4.91. The third-order valence-corrected chi connectivity index (χ3v) is 5.00. The molecular formula is C11H11N5S3. The first-order valence-corrected chi connectivity index (χ1v) is 8.13. The van der Waals surface area contributed by atoms with Gasteiger partial charge in [-0.1, -0.05) is 0 Å². The molecule has 0 spiro atoms. The van der Waals surface area contributed by atoms with E-state index >= 15 is 0 Å². The van der Waals surface area contributed by atoms with Gasteiger partial charge < -0.3 is 5.32 Å². The van der Waals surface area contributed by atoms with Gasteiger partial charge in [-0.25, -0.2) is 15.0 Å². The summed E-state index contributed by atoms with van der Waals surface area (Å²) in [5.74, 6) is 0.670. The normalized spacial score (nSPS) is 11.1. The number of hydrogen-bond donors (Lipinski definition) is 1. The zero-order valence-electron chi connectivity index (χ0n) is 10.4. The van der Waals surface area contributed by atoms with Crippen molar-refractivity contribution < 1.29 is 0 Å². The van der Waals surface area contributed by atoms with Crippen molar-refractivity contribution in [3.05, 3.63) is 17.3 Å². The summed E-state index contributed by atoms with van der Waals surface area (Å²) in [7, 11) is 0. The summed E-state index contributed by atoms with van der Waals surface area (Å²) in [4.78, 5) is 15.5. The Kier molecular flexibility index (Phi) is 3.63. The van der Waals surface area contributed by atoms with E-state index in [9.17, 15) is 0 Å². The maximum Gasteiger partial charge on any atom is 0.225 e. The molecule has 0 aliphatic rings. The highest BCUT2D eigenvalue weighted by atomic mass is 32.2. The van der Waals surface area contributed by atoms with Crippen molar-refractivity contribution in [3.63, 3.8) is 0 Å². The van der Waals surface area contributed by atoms with Gasteiger partial charge >= 0.3 is 0 Å². The lowest BCUT2D eigenvalue weighted by Crippen LogP contribution is -2.02. The first-order valence-electron chi connectivity index (χ1n) is 5.73. The highest BCUT2D eigenvalue weighted by molar-refractivity contribution is 8.01. The van der Waals surface area contributed by atoms with Crippen LogP contribution in [0.25, 0.3) is 10.2 Å². The van der Waals surface area contributed by atoms with Gasteiger partial charge in [-0.2, -0.15) is 4.37 Å². The number of aromatic nitrogens is 4. The van der Waals surface area contributed by atoms with Gasteiger partial charge in [-0.15, -0.1) is 11.3 Å². The van der Waals surface area contributed by atoms with Gasteiger partial charge in [0.2, 0.25) is 5.95 Å². The van der Waals surface area contributed by atoms with Crippen LogP contribution in [-0.2, 0) is 0 Å². The molecule has 0 bridgehead atoms. The molecule has 3 aromatic heterocycles. The van der Waals surface area contributed by atoms with E-state index in [0.717, 1.165) is 26.1 Å². The summed E-state index contributed by atoms with van der Waals surface area (Å²) in [6, 6.07) is 2.12. The Hall–Kier alpha value is -1.25. The molecule has 19 heavy (non-hydrogen) atoms. The summed E-state index contributed by atoms with van der Waals surface area (Å²) >= 11 is 4.60. The highest BCUT2D eigenvalue weighted by Gasteiger charge is 2.13. The minimum Gasteiger partial charge on any atom is -0.354 e. The summed E-state index contributed by atoms with van der Waals surface area (Å²) in [6.45, 7) is 4.92. The molecule has 1 N–H and O–H groups in total. The van der Waals surface area contributed by atoms with Gasteiger partial charge in [-0.05, 0) is 43.2 Å². The predicted octanol–water partition coefficient (Wildman–Crippen LogP) is 3.43. The van der Waals surface area contributed by atoms with Crippen LogP contribution < -0.4 is 5.32 Å². The van der Waals surface area contributed by atoms with Crippen LogP contribution in [0.3, 0.4) is 0 Å². The number of anilines is 1. The second kappa shape index (κ2) is 5.40. The molecule has 5 nitrogen and oxygen atoms in total. The molecule has 0 amide bonds. The molecule has 8 heteroatoms. The van der Waals surface area contributed by atoms with Gasteiger partial charge in [0.1, 0.15) is 16.2 Å². The lowest BCUT2D eigenvalue weighted by Gasteiger charge is -2.04. The van der Waals surface area contributed by atoms with Crippen LogP contribution >= 0.6 is 34.6 Å². The average molecular weight is 309 g/mol. The minimum absolute atomic E-state index is 0.670. The largest absolute Gasteiger partial charge is 0.354 e. The molecule has 0 saturated heterocycles. The fraction of sp³-hybridized carbons (Fsp3) is 0.273. The van der Waals surface area contributed by atoms with Gasteiger partial charge in [-0.3, -0.25) is 0 Å². The standard InChI is InChI=1S/C11H11N5S3/c1-3-12-10-15-8-7(4-6(2)17-8)9(16-10)18-11-13-5-14-19-11/h4-5H,3H2,1-2H3,(H,12,15,16). The van der Waals surface area contributed by atoms with E-state index in [1.807, 2.05) is 6.92 Å². The Morgan fingerprint density at radius 1 is 1.37 bits per heavy atom. The fourth-order valence-corrected chi connectivity index (χ4v) is 4.02. The van der Waals surface area contributed by atoms with E-state index in [4.69, 9.17) is 0 Å². The molecule has 0 aliphatic heterocycles. The van der Waals surface area contributed by atoms with Gasteiger partial charge in [0, 0.05) is 16.8 Å². The molecule has 0 unspecified atom stereocenters. The number of nitrogens with one attached hydrogen (secondary N) is 1. The van der Waals surface area contributed by atoms with Crippen LogP contribution in [-0.4, -0.2) is 25.9 Å². The molecular weight excluding hydrogens is 298 g/mol. The maximum absolute atomic E-state index is 4.57. The van der Waals surface area contributed by atoms with E-state index in [1.54, 1.807) is 17.7 Å². The zero-order chi connectivity index (χ0) is 13.2. The van der Waals surface area contributed by atoms with Crippen molar-refractivity contribution in [1.29, 1.82) is 0 Å². The lowest BCUT2D eigenvalue weighted by atomic mass is 10.4. The Bertz CT molecular complexity index is 692. The Morgan fingerprint density at radius 3 is 3.00 bits per heavy atom. The van der Waals surface area contributed by atoms with Crippen molar-refractivity contribution in [2.75, 3.05) is 11.9 Å². The second-order valence-electron chi connectivity index (χ2n) is 3.77. The first-order chi connectivity index (χ1) is 9.26. The molecule has 0 aliphatic carbocycles. The summed E-state index contributed by atoms with van der Waals surface area (Å²) in [5, 5.41) is 5.19. The number of rotatable bonds is 4. The van der Waals surface area contributed by atoms with Crippen molar-refractivity contribution in [2.45, 2.75) is 23.2 Å². The topological polar surface area (TPSA) is 63.6 Å². The van der Waals surface area contributed by atoms with Crippen LogP contribution in [0.1, 0.15) is 11.8 Å². The smallest absolute Gasteiger partial charge is 0.225 e. The van der Waals surface area contributed by atoms with Gasteiger partial charge in [0.25, 0.3) is 0 Å². The fourth-order valence-electron chi connectivity index (χ4n) is 1.62. The van der Waals surface area contributed by atoms with Crippen molar-refractivity contribution >= 4 is 50.8 Å². The van der Waals surface area contributed by atoms with Crippen molar-refractivity contribution in [1.82, 2.24) is 19.3 Å². The minimum atomic E-state index is 0.670. The van der Waals surface area contributed by atoms with Crippen LogP contribution in [0.15, 0.2) is 21.8 Å². The summed E-state index contributed by atoms with van der Waals surface area (Å²) in [5.41, 5.74) is 0. The van der Waals surface area contributed by atoms with E-state index in [0.29, 0.717) is 5.95 Å². The molecule has 0 fully saturated rings. The molecule has 3 heterocycles. The van der Waals surface area contributed by atoms with Gasteiger partial charge in [0.05, 0.1) is 0 Å². The SMILES string of the molecule is CCNc1nc(Sc2ncns2)c2cc(C)sc2n1. The predicted molar refractivity (Wildman–Crippen MR) is 80.3 cm³/mol. The van der Waals surface area contributed by atoms with Crippen molar-refractivity contribution in [3.8, 4) is 0 Å². The van der Waals surface area contributed by atoms with E-state index in [2.05, 4.69) is 37.6 Å². The average Bonchev–Trinajstić information content (AvgIpc) is 2.98. The number of nitrogens with zero attached hydrogens (tertiary/aromatic N) is 4. The number of aryl methyl sites for hydroxylation is 1. The van der Waals surface area contributed by atoms with Crippen LogP contribution in [0.5, 0.6) is 0 Å². The molecule has 3 rings (SSSR count). The Balaban J connectivity index is 2.08. The summed E-state index contributed by atoms with van der Waals surface area (Å²) in [6.07, 6.45) is 1.56. The Morgan fingerprint density at radius 2 is 2.26 bits per heavy atom. The molecule has 0 aromatic carbocycles. The molecule has 3 aromatic rings. The first kappa shape index (κ1) is 12.8. The second-order valence-corrected chi connectivity index (χ2v) is 7.02. The molecule has 0 radical (unpaired) electrons. The third kappa shape index (κ3) is 2.70. The zero-order valence-corrected chi connectivity index (χ0v) is 12.8. The highest BCUT2D eigenvalue weighted by Crippen LogP contribution is 2.35. The number of hydrogen-bond acceptors (Lipinski definition) is 8. The maximum atomic E-state index is 4.57. The van der Waals surface area contributed by atoms with Crippen molar-refractivity contribution in [2.24, 2.45) is 0 Å². The van der Waals surface area contributed by atoms with E-state index in [-0.39, 0.29) is 0 Å². The molecule has 0 saturated carbocycles. The quantitative estimate of drug-likeness (QED) is 0.745. The third-order valence-electron chi connectivity index (χ3n) is 2.34. The van der Waals surface area contributed by atoms with E-state index in [1.165, 1.54) is 28.2 Å². The lowest BCUT2D eigenvalue weighted by molar-refractivity contribution is 1.05. The van der Waals surface area contributed by atoms with Crippen LogP contribution in [0.2, 0.25) is 0 Å². The number of thiophene rings is 1. The monoisotopic (exact) mass is 309 g/mol. The molecule has 98 valence electrons. The van der Waals surface area contributed by atoms with Gasteiger partial charge in [0.15, 0.2) is 4.34 Å². The van der Waals surface area contributed by atoms with Crippen LogP contribution in [0, 0.1) is 6.92 Å².